The zero-order chi connectivity index (χ0) is 26.9. The summed E-state index contributed by atoms with van der Waals surface area (Å²) in [6.45, 7) is 0.288. The summed E-state index contributed by atoms with van der Waals surface area (Å²) in [4.78, 5) is 28.1. The second-order valence-electron chi connectivity index (χ2n) is 8.69. The fraction of sp³-hybridized carbons (Fsp3) is 0.103. The van der Waals surface area contributed by atoms with E-state index in [9.17, 15) is 18.0 Å². The van der Waals surface area contributed by atoms with Crippen molar-refractivity contribution in [1.29, 1.82) is 0 Å². The molecule has 1 N–H and O–H groups in total. The van der Waals surface area contributed by atoms with Crippen LogP contribution in [0.2, 0.25) is 5.02 Å². The van der Waals surface area contributed by atoms with E-state index in [-0.39, 0.29) is 39.7 Å². The number of nitrogens with one attached hydrogen (secondary N) is 1. The highest BCUT2D eigenvalue weighted by Crippen LogP contribution is 2.38. The van der Waals surface area contributed by atoms with Gasteiger partial charge in [-0.25, -0.2) is 8.42 Å². The number of amides is 2. The molecule has 38 heavy (non-hydrogen) atoms. The quantitative estimate of drug-likeness (QED) is 0.355. The molecule has 0 saturated heterocycles. The van der Waals surface area contributed by atoms with Crippen LogP contribution in [0.3, 0.4) is 0 Å². The third-order valence-electron chi connectivity index (χ3n) is 6.34. The number of hydrogen-bond donors (Lipinski definition) is 1. The maximum atomic E-state index is 13.7. The molecular weight excluding hydrogens is 524 g/mol. The second kappa shape index (κ2) is 10.3. The monoisotopic (exact) mass is 546 g/mol. The van der Waals surface area contributed by atoms with Crippen LogP contribution < -0.4 is 15.0 Å². The SMILES string of the molecule is COc1ccccc1CNC(=O)c1ccc2c(c1)N(Cc1ccc(Cl)cc1)C(=O)c1ccccc1S2(=O)=O. The Labute approximate surface area is 225 Å². The number of ether oxygens (including phenoxy) is 1. The molecule has 0 aromatic heterocycles. The first-order valence-electron chi connectivity index (χ1n) is 11.7. The number of methoxy groups -OCH3 is 1. The standard InChI is InChI=1S/C29H23ClN2O5S/c1-37-25-8-4-2-6-21(25)17-31-28(33)20-12-15-27-24(16-20)32(18-19-10-13-22(30)14-11-19)29(34)23-7-3-5-9-26(23)38(27,35)36/h2-16H,17-18H2,1H3,(H,31,33). The molecule has 192 valence electrons. The Balaban J connectivity index is 1.56. The molecule has 0 fully saturated rings. The lowest BCUT2D eigenvalue weighted by atomic mass is 10.1. The van der Waals surface area contributed by atoms with Crippen molar-refractivity contribution in [2.45, 2.75) is 22.9 Å². The largest absolute Gasteiger partial charge is 0.496 e. The number of rotatable bonds is 6. The van der Waals surface area contributed by atoms with Gasteiger partial charge in [-0.05, 0) is 54.1 Å². The minimum Gasteiger partial charge on any atom is -0.496 e. The van der Waals surface area contributed by atoms with E-state index < -0.39 is 21.7 Å². The summed E-state index contributed by atoms with van der Waals surface area (Å²) < 4.78 is 32.7. The van der Waals surface area contributed by atoms with Gasteiger partial charge in [-0.3, -0.25) is 9.59 Å². The molecule has 2 amide bonds. The van der Waals surface area contributed by atoms with Crippen molar-refractivity contribution in [2.75, 3.05) is 12.0 Å². The Morgan fingerprint density at radius 1 is 0.921 bits per heavy atom. The normalized spacial score (nSPS) is 13.7. The second-order valence-corrected chi connectivity index (χ2v) is 11.0. The lowest BCUT2D eigenvalue weighted by Crippen LogP contribution is -2.31. The zero-order valence-electron chi connectivity index (χ0n) is 20.3. The summed E-state index contributed by atoms with van der Waals surface area (Å²) in [6.07, 6.45) is 0. The van der Waals surface area contributed by atoms with Gasteiger partial charge in [-0.1, -0.05) is 54.1 Å². The van der Waals surface area contributed by atoms with Crippen LogP contribution in [0.1, 0.15) is 31.8 Å². The van der Waals surface area contributed by atoms with Gasteiger partial charge in [0.05, 0.1) is 34.7 Å². The fourth-order valence-corrected chi connectivity index (χ4v) is 6.16. The molecule has 1 heterocycles. The molecule has 4 aromatic rings. The third-order valence-corrected chi connectivity index (χ3v) is 8.45. The van der Waals surface area contributed by atoms with E-state index in [0.29, 0.717) is 10.8 Å². The average molecular weight is 547 g/mol. The van der Waals surface area contributed by atoms with Crippen LogP contribution in [0, 0.1) is 0 Å². The van der Waals surface area contributed by atoms with Gasteiger partial charge in [0.1, 0.15) is 5.75 Å². The van der Waals surface area contributed by atoms with Crippen molar-refractivity contribution in [1.82, 2.24) is 5.32 Å². The number of sulfone groups is 1. The molecule has 4 aromatic carbocycles. The van der Waals surface area contributed by atoms with Gasteiger partial charge in [0.15, 0.2) is 0 Å². The topological polar surface area (TPSA) is 92.8 Å². The van der Waals surface area contributed by atoms with Crippen LogP contribution in [-0.4, -0.2) is 27.3 Å². The zero-order valence-corrected chi connectivity index (χ0v) is 21.9. The predicted octanol–water partition coefficient (Wildman–Crippen LogP) is 5.27. The average Bonchev–Trinajstić information content (AvgIpc) is 3.00. The van der Waals surface area contributed by atoms with Gasteiger partial charge < -0.3 is 15.0 Å². The van der Waals surface area contributed by atoms with E-state index in [4.69, 9.17) is 16.3 Å². The Kier molecular flexibility index (Phi) is 6.93. The van der Waals surface area contributed by atoms with Gasteiger partial charge >= 0.3 is 0 Å². The van der Waals surface area contributed by atoms with E-state index in [1.807, 2.05) is 18.2 Å². The van der Waals surface area contributed by atoms with Crippen molar-refractivity contribution in [3.8, 4) is 5.75 Å². The molecule has 0 unspecified atom stereocenters. The van der Waals surface area contributed by atoms with Crippen molar-refractivity contribution in [3.63, 3.8) is 0 Å². The molecule has 0 aliphatic carbocycles. The molecule has 0 bridgehead atoms. The minimum atomic E-state index is -4.04. The molecule has 0 atom stereocenters. The molecule has 9 heteroatoms. The fourth-order valence-electron chi connectivity index (χ4n) is 4.40. The molecule has 7 nitrogen and oxygen atoms in total. The van der Waals surface area contributed by atoms with Crippen LogP contribution in [0.15, 0.2) is 101 Å². The van der Waals surface area contributed by atoms with Crippen LogP contribution in [0.4, 0.5) is 5.69 Å². The molecule has 1 aliphatic rings. The van der Waals surface area contributed by atoms with Gasteiger partial charge in [-0.15, -0.1) is 0 Å². The molecular formula is C29H23ClN2O5S. The third kappa shape index (κ3) is 4.76. The number of benzene rings is 4. The molecule has 0 spiro atoms. The van der Waals surface area contributed by atoms with Crippen LogP contribution in [-0.2, 0) is 22.9 Å². The summed E-state index contributed by atoms with van der Waals surface area (Å²) in [6, 6.07) is 24.7. The van der Waals surface area contributed by atoms with Crippen molar-refractivity contribution in [2.24, 2.45) is 0 Å². The predicted molar refractivity (Wildman–Crippen MR) is 144 cm³/mol. The first-order chi connectivity index (χ1) is 18.3. The van der Waals surface area contributed by atoms with Crippen molar-refractivity contribution >= 4 is 38.9 Å². The number of nitrogens with zero attached hydrogens (tertiary/aromatic N) is 1. The van der Waals surface area contributed by atoms with E-state index in [0.717, 1.165) is 11.1 Å². The summed E-state index contributed by atoms with van der Waals surface area (Å²) >= 11 is 6.03. The minimum absolute atomic E-state index is 0.0500. The molecule has 0 radical (unpaired) electrons. The summed E-state index contributed by atoms with van der Waals surface area (Å²) in [5.74, 6) is -0.264. The van der Waals surface area contributed by atoms with E-state index in [1.165, 1.54) is 35.2 Å². The number of hydrogen-bond acceptors (Lipinski definition) is 5. The van der Waals surface area contributed by atoms with E-state index in [2.05, 4.69) is 5.32 Å². The van der Waals surface area contributed by atoms with Gasteiger partial charge in [0.2, 0.25) is 9.84 Å². The van der Waals surface area contributed by atoms with Crippen molar-refractivity contribution in [3.05, 3.63) is 118 Å². The maximum absolute atomic E-state index is 13.7. The maximum Gasteiger partial charge on any atom is 0.259 e. The lowest BCUT2D eigenvalue weighted by molar-refractivity contribution is 0.0947. The lowest BCUT2D eigenvalue weighted by Gasteiger charge is -2.23. The van der Waals surface area contributed by atoms with Crippen LogP contribution in [0.5, 0.6) is 5.75 Å². The number of carbonyl (C=O) groups excluding carboxylic acids is 2. The number of anilines is 1. The van der Waals surface area contributed by atoms with Gasteiger partial charge in [-0.2, -0.15) is 0 Å². The Hall–Kier alpha value is -4.14. The highest BCUT2D eigenvalue weighted by atomic mass is 35.5. The van der Waals surface area contributed by atoms with Gasteiger partial charge in [0.25, 0.3) is 11.8 Å². The molecule has 1 aliphatic heterocycles. The van der Waals surface area contributed by atoms with Crippen molar-refractivity contribution < 1.29 is 22.7 Å². The van der Waals surface area contributed by atoms with E-state index >= 15 is 0 Å². The smallest absolute Gasteiger partial charge is 0.259 e. The van der Waals surface area contributed by atoms with Crippen LogP contribution >= 0.6 is 11.6 Å². The number of fused-ring (bicyclic) bond motifs is 2. The Morgan fingerprint density at radius 3 is 2.39 bits per heavy atom. The first-order valence-corrected chi connectivity index (χ1v) is 13.6. The summed E-state index contributed by atoms with van der Waals surface area (Å²) in [5.41, 5.74) is 1.95. The van der Waals surface area contributed by atoms with E-state index in [1.54, 1.807) is 49.6 Å². The number of para-hydroxylation sites is 1. The van der Waals surface area contributed by atoms with Crippen LogP contribution in [0.25, 0.3) is 0 Å². The molecule has 5 rings (SSSR count). The highest BCUT2D eigenvalue weighted by Gasteiger charge is 2.36. The van der Waals surface area contributed by atoms with Gasteiger partial charge in [0, 0.05) is 22.7 Å². The highest BCUT2D eigenvalue weighted by molar-refractivity contribution is 7.91. The Morgan fingerprint density at radius 2 is 1.63 bits per heavy atom. The molecule has 0 saturated carbocycles. The summed E-state index contributed by atoms with van der Waals surface area (Å²) in [5, 5.41) is 3.39. The summed E-state index contributed by atoms with van der Waals surface area (Å²) in [7, 11) is -2.49. The first kappa shape index (κ1) is 25.5. The number of halogens is 1. The number of carbonyl (C=O) groups is 2. The Bertz CT molecular complexity index is 1650.